The zero-order chi connectivity index (χ0) is 11.5. The number of aromatic nitrogens is 1. The second-order valence-electron chi connectivity index (χ2n) is 3.44. The third-order valence-corrected chi connectivity index (χ3v) is 2.64. The zero-order valence-corrected chi connectivity index (χ0v) is 9.16. The molecule has 2 nitrogen and oxygen atoms in total. The van der Waals surface area contributed by atoms with E-state index in [-0.39, 0.29) is 11.1 Å². The van der Waals surface area contributed by atoms with Crippen molar-refractivity contribution >= 4 is 11.6 Å². The van der Waals surface area contributed by atoms with Gasteiger partial charge in [-0.25, -0.2) is 4.39 Å². The third-order valence-electron chi connectivity index (χ3n) is 2.35. The minimum absolute atomic E-state index is 0.0804. The maximum absolute atomic E-state index is 13.0. The van der Waals surface area contributed by atoms with Gasteiger partial charge in [-0.1, -0.05) is 23.7 Å². The zero-order valence-electron chi connectivity index (χ0n) is 8.40. The molecule has 2 aromatic rings. The van der Waals surface area contributed by atoms with E-state index in [4.69, 9.17) is 17.3 Å². The van der Waals surface area contributed by atoms with Crippen LogP contribution in [0.2, 0.25) is 5.02 Å². The van der Waals surface area contributed by atoms with E-state index >= 15 is 0 Å². The fraction of sp³-hybridized carbons (Fsp3) is 0.0833. The van der Waals surface area contributed by atoms with Gasteiger partial charge in [0, 0.05) is 12.4 Å². The van der Waals surface area contributed by atoms with Crippen LogP contribution in [0.1, 0.15) is 17.2 Å². The minimum Gasteiger partial charge on any atom is -0.320 e. The Labute approximate surface area is 97.9 Å². The van der Waals surface area contributed by atoms with Crippen molar-refractivity contribution in [1.82, 2.24) is 4.98 Å². The molecule has 0 amide bonds. The van der Waals surface area contributed by atoms with Crippen LogP contribution in [0.15, 0.2) is 42.7 Å². The fourth-order valence-corrected chi connectivity index (χ4v) is 1.65. The molecule has 0 radical (unpaired) electrons. The number of hydrogen-bond donors (Lipinski definition) is 1. The summed E-state index contributed by atoms with van der Waals surface area (Å²) in [5.74, 6) is -0.441. The Hall–Kier alpha value is -1.45. The van der Waals surface area contributed by atoms with Crippen LogP contribution in [0.5, 0.6) is 0 Å². The first-order valence-corrected chi connectivity index (χ1v) is 5.17. The van der Waals surface area contributed by atoms with Gasteiger partial charge in [-0.15, -0.1) is 0 Å². The summed E-state index contributed by atoms with van der Waals surface area (Å²) in [7, 11) is 0. The van der Waals surface area contributed by atoms with Crippen LogP contribution in [-0.2, 0) is 0 Å². The topological polar surface area (TPSA) is 38.9 Å². The molecule has 1 aromatic carbocycles. The van der Waals surface area contributed by atoms with Crippen molar-refractivity contribution in [2.24, 2.45) is 5.73 Å². The van der Waals surface area contributed by atoms with Crippen molar-refractivity contribution in [3.05, 3.63) is 64.7 Å². The fourth-order valence-electron chi connectivity index (χ4n) is 1.46. The highest BCUT2D eigenvalue weighted by molar-refractivity contribution is 6.30. The monoisotopic (exact) mass is 236 g/mol. The molecular weight excluding hydrogens is 227 g/mol. The number of benzene rings is 1. The van der Waals surface area contributed by atoms with Gasteiger partial charge in [-0.3, -0.25) is 4.98 Å². The summed E-state index contributed by atoms with van der Waals surface area (Å²) in [5.41, 5.74) is 7.64. The lowest BCUT2D eigenvalue weighted by atomic mass is 10.0. The number of halogens is 2. The van der Waals surface area contributed by atoms with Gasteiger partial charge < -0.3 is 5.73 Å². The number of nitrogens with zero attached hydrogens (tertiary/aromatic N) is 1. The molecule has 0 aliphatic carbocycles. The molecule has 1 atom stereocenters. The largest absolute Gasteiger partial charge is 0.320 e. The maximum atomic E-state index is 13.0. The molecule has 0 fully saturated rings. The SMILES string of the molecule is NC(c1cccnc1)c1ccc(F)c(Cl)c1. The van der Waals surface area contributed by atoms with Crippen molar-refractivity contribution < 1.29 is 4.39 Å². The number of hydrogen-bond acceptors (Lipinski definition) is 2. The minimum atomic E-state index is -0.441. The predicted octanol–water partition coefficient (Wildman–Crippen LogP) is 2.92. The molecule has 2 N–H and O–H groups in total. The Morgan fingerprint density at radius 3 is 2.69 bits per heavy atom. The van der Waals surface area contributed by atoms with E-state index in [1.807, 2.05) is 6.07 Å². The lowest BCUT2D eigenvalue weighted by molar-refractivity contribution is 0.627. The van der Waals surface area contributed by atoms with Crippen LogP contribution in [0.4, 0.5) is 4.39 Å². The average molecular weight is 237 g/mol. The summed E-state index contributed by atoms with van der Waals surface area (Å²) in [6.07, 6.45) is 3.36. The lowest BCUT2D eigenvalue weighted by Gasteiger charge is -2.12. The molecule has 82 valence electrons. The Morgan fingerprint density at radius 2 is 2.06 bits per heavy atom. The number of nitrogens with two attached hydrogens (primary N) is 1. The number of pyridine rings is 1. The summed E-state index contributed by atoms with van der Waals surface area (Å²) < 4.78 is 13.0. The molecule has 0 aliphatic rings. The molecule has 0 spiro atoms. The summed E-state index contributed by atoms with van der Waals surface area (Å²) in [4.78, 5) is 3.98. The molecule has 1 unspecified atom stereocenters. The maximum Gasteiger partial charge on any atom is 0.141 e. The molecule has 16 heavy (non-hydrogen) atoms. The Kier molecular flexibility index (Phi) is 3.17. The average Bonchev–Trinajstić information content (AvgIpc) is 2.33. The van der Waals surface area contributed by atoms with Gasteiger partial charge in [0.2, 0.25) is 0 Å². The van der Waals surface area contributed by atoms with E-state index in [9.17, 15) is 4.39 Å². The molecule has 0 bridgehead atoms. The molecule has 1 heterocycles. The first-order valence-electron chi connectivity index (χ1n) is 4.79. The molecule has 1 aromatic heterocycles. The smallest absolute Gasteiger partial charge is 0.141 e. The quantitative estimate of drug-likeness (QED) is 0.871. The Balaban J connectivity index is 2.34. The highest BCUT2D eigenvalue weighted by Gasteiger charge is 2.10. The van der Waals surface area contributed by atoms with E-state index < -0.39 is 5.82 Å². The van der Waals surface area contributed by atoms with E-state index in [1.165, 1.54) is 12.1 Å². The highest BCUT2D eigenvalue weighted by Crippen LogP contribution is 2.23. The van der Waals surface area contributed by atoms with Crippen molar-refractivity contribution in [3.8, 4) is 0 Å². The van der Waals surface area contributed by atoms with E-state index in [0.717, 1.165) is 11.1 Å². The van der Waals surface area contributed by atoms with Gasteiger partial charge in [0.1, 0.15) is 5.82 Å². The molecule has 2 rings (SSSR count). The van der Waals surface area contributed by atoms with Gasteiger partial charge in [0.25, 0.3) is 0 Å². The van der Waals surface area contributed by atoms with Crippen LogP contribution in [0, 0.1) is 5.82 Å². The summed E-state index contributed by atoms with van der Waals surface area (Å²) in [6, 6.07) is 7.81. The molecule has 0 saturated carbocycles. The second-order valence-corrected chi connectivity index (χ2v) is 3.84. The van der Waals surface area contributed by atoms with Crippen LogP contribution in [0.3, 0.4) is 0 Å². The molecule has 0 saturated heterocycles. The summed E-state index contributed by atoms with van der Waals surface area (Å²) in [6.45, 7) is 0. The first kappa shape index (κ1) is 11.0. The molecule has 0 aliphatic heterocycles. The number of rotatable bonds is 2. The van der Waals surface area contributed by atoms with Crippen molar-refractivity contribution in [3.63, 3.8) is 0 Å². The van der Waals surface area contributed by atoms with Gasteiger partial charge in [0.15, 0.2) is 0 Å². The normalized spacial score (nSPS) is 12.4. The van der Waals surface area contributed by atoms with Crippen molar-refractivity contribution in [1.29, 1.82) is 0 Å². The Morgan fingerprint density at radius 1 is 1.25 bits per heavy atom. The van der Waals surface area contributed by atoms with Gasteiger partial charge in [-0.2, -0.15) is 0 Å². The molecule has 4 heteroatoms. The van der Waals surface area contributed by atoms with Crippen LogP contribution in [0.25, 0.3) is 0 Å². The van der Waals surface area contributed by atoms with Crippen LogP contribution < -0.4 is 5.73 Å². The van der Waals surface area contributed by atoms with E-state index in [2.05, 4.69) is 4.98 Å². The summed E-state index contributed by atoms with van der Waals surface area (Å²) in [5, 5.41) is 0.0804. The Bertz CT molecular complexity index is 488. The standard InChI is InChI=1S/C12H10ClFN2/c13-10-6-8(3-4-11(10)14)12(15)9-2-1-5-16-7-9/h1-7,12H,15H2. The van der Waals surface area contributed by atoms with Gasteiger partial charge >= 0.3 is 0 Å². The summed E-state index contributed by atoms with van der Waals surface area (Å²) >= 11 is 5.70. The van der Waals surface area contributed by atoms with Crippen LogP contribution in [-0.4, -0.2) is 4.98 Å². The van der Waals surface area contributed by atoms with E-state index in [1.54, 1.807) is 24.5 Å². The predicted molar refractivity (Wildman–Crippen MR) is 61.7 cm³/mol. The van der Waals surface area contributed by atoms with Crippen molar-refractivity contribution in [2.75, 3.05) is 0 Å². The first-order chi connectivity index (χ1) is 7.68. The van der Waals surface area contributed by atoms with Gasteiger partial charge in [0.05, 0.1) is 11.1 Å². The highest BCUT2D eigenvalue weighted by atomic mass is 35.5. The van der Waals surface area contributed by atoms with Crippen molar-refractivity contribution in [2.45, 2.75) is 6.04 Å². The molecular formula is C12H10ClFN2. The third kappa shape index (κ3) is 2.21. The van der Waals surface area contributed by atoms with Crippen LogP contribution >= 0.6 is 11.6 Å². The van der Waals surface area contributed by atoms with E-state index in [0.29, 0.717) is 0 Å². The van der Waals surface area contributed by atoms with Gasteiger partial charge in [-0.05, 0) is 29.3 Å². The second kappa shape index (κ2) is 4.60. The lowest BCUT2D eigenvalue weighted by Crippen LogP contribution is -2.12.